The van der Waals surface area contributed by atoms with E-state index < -0.39 is 0 Å². The molecule has 5 nitrogen and oxygen atoms in total. The Hall–Kier alpha value is -2.16. The predicted molar refractivity (Wildman–Crippen MR) is 141 cm³/mol. The fraction of sp³-hybridized carbons (Fsp3) is 0.320. The third-order valence-corrected chi connectivity index (χ3v) is 8.01. The van der Waals surface area contributed by atoms with Gasteiger partial charge in [-0.3, -0.25) is 9.59 Å². The number of nitrogens with one attached hydrogen (secondary N) is 2. The van der Waals surface area contributed by atoms with Crippen molar-refractivity contribution in [3.05, 3.63) is 58.4 Å². The van der Waals surface area contributed by atoms with Gasteiger partial charge in [0.25, 0.3) is 0 Å². The van der Waals surface area contributed by atoms with E-state index >= 15 is 0 Å². The Bertz CT molecular complexity index is 1110. The predicted octanol–water partition coefficient (Wildman–Crippen LogP) is 7.21. The molecule has 33 heavy (non-hydrogen) atoms. The highest BCUT2D eigenvalue weighted by molar-refractivity contribution is 9.10. The van der Waals surface area contributed by atoms with Crippen LogP contribution >= 0.6 is 39.0 Å². The van der Waals surface area contributed by atoms with Gasteiger partial charge in [0.2, 0.25) is 11.8 Å². The van der Waals surface area contributed by atoms with Gasteiger partial charge in [-0.1, -0.05) is 53.4 Å². The lowest BCUT2D eigenvalue weighted by molar-refractivity contribution is -0.120. The summed E-state index contributed by atoms with van der Waals surface area (Å²) in [5, 5.41) is 8.19. The number of carbonyl (C=O) groups excluding carboxylic acids is 2. The number of thioether (sulfide) groups is 1. The van der Waals surface area contributed by atoms with Crippen molar-refractivity contribution in [2.75, 3.05) is 10.6 Å². The second-order valence-corrected chi connectivity index (χ2v) is 11.3. The van der Waals surface area contributed by atoms with Gasteiger partial charge in [-0.25, -0.2) is 4.98 Å². The molecule has 0 aliphatic heterocycles. The Morgan fingerprint density at radius 1 is 1.09 bits per heavy atom. The Kier molecular flexibility index (Phi) is 8.22. The number of benzene rings is 2. The van der Waals surface area contributed by atoms with E-state index in [-0.39, 0.29) is 23.0 Å². The van der Waals surface area contributed by atoms with E-state index in [2.05, 4.69) is 31.5 Å². The summed E-state index contributed by atoms with van der Waals surface area (Å²) in [7, 11) is 0. The van der Waals surface area contributed by atoms with E-state index in [0.717, 1.165) is 52.0 Å². The van der Waals surface area contributed by atoms with Crippen molar-refractivity contribution in [3.8, 4) is 11.3 Å². The number of hydrogen-bond acceptors (Lipinski definition) is 5. The molecule has 1 fully saturated rings. The summed E-state index contributed by atoms with van der Waals surface area (Å²) >= 11 is 6.31. The van der Waals surface area contributed by atoms with Crippen molar-refractivity contribution in [1.82, 2.24) is 4.98 Å². The zero-order valence-electron chi connectivity index (χ0n) is 18.3. The first kappa shape index (κ1) is 24.0. The summed E-state index contributed by atoms with van der Waals surface area (Å²) in [6.45, 7) is 1.87. The lowest BCUT2D eigenvalue weighted by atomic mass is 9.88. The highest BCUT2D eigenvalue weighted by Gasteiger charge is 2.21. The van der Waals surface area contributed by atoms with Gasteiger partial charge < -0.3 is 10.6 Å². The Morgan fingerprint density at radius 2 is 1.85 bits per heavy atom. The number of carbonyl (C=O) groups is 2. The topological polar surface area (TPSA) is 71.1 Å². The van der Waals surface area contributed by atoms with Gasteiger partial charge in [0.15, 0.2) is 5.13 Å². The summed E-state index contributed by atoms with van der Waals surface area (Å²) in [6, 6.07) is 15.6. The molecule has 2 aromatic carbocycles. The van der Waals surface area contributed by atoms with E-state index in [1.165, 1.54) is 29.5 Å². The molecule has 172 valence electrons. The fourth-order valence-electron chi connectivity index (χ4n) is 3.81. The minimum atomic E-state index is -0.311. The highest BCUT2D eigenvalue weighted by atomic mass is 79.9. The van der Waals surface area contributed by atoms with Gasteiger partial charge in [-0.2, -0.15) is 0 Å². The van der Waals surface area contributed by atoms with Crippen LogP contribution in [0.1, 0.15) is 39.0 Å². The molecule has 0 saturated heterocycles. The van der Waals surface area contributed by atoms with Gasteiger partial charge in [0, 0.05) is 31.9 Å². The van der Waals surface area contributed by atoms with Crippen LogP contribution in [0.4, 0.5) is 10.8 Å². The highest BCUT2D eigenvalue weighted by Crippen LogP contribution is 2.30. The molecule has 0 radical (unpaired) electrons. The first-order valence-electron chi connectivity index (χ1n) is 11.1. The molecular formula is C25H26BrN3O2S2. The fourth-order valence-corrected chi connectivity index (χ4v) is 5.72. The van der Waals surface area contributed by atoms with Gasteiger partial charge >= 0.3 is 0 Å². The van der Waals surface area contributed by atoms with Crippen LogP contribution in [-0.4, -0.2) is 22.0 Å². The molecule has 0 spiro atoms. The molecule has 1 aromatic heterocycles. The SMILES string of the molecule is CC(Sc1cccc(NC(=O)C2CCCCC2)c1)C(=O)Nc1nc(-c2ccc(Br)cc2)cs1. The van der Waals surface area contributed by atoms with Crippen molar-refractivity contribution in [2.24, 2.45) is 5.92 Å². The molecule has 0 bridgehead atoms. The molecule has 1 aliphatic rings. The number of thiazole rings is 1. The maximum Gasteiger partial charge on any atom is 0.239 e. The molecule has 2 N–H and O–H groups in total. The maximum absolute atomic E-state index is 12.7. The quantitative estimate of drug-likeness (QED) is 0.309. The van der Waals surface area contributed by atoms with E-state index in [9.17, 15) is 9.59 Å². The molecule has 8 heteroatoms. The Balaban J connectivity index is 1.33. The summed E-state index contributed by atoms with van der Waals surface area (Å²) in [5.41, 5.74) is 2.62. The van der Waals surface area contributed by atoms with Crippen molar-refractivity contribution in [3.63, 3.8) is 0 Å². The van der Waals surface area contributed by atoms with E-state index in [1.807, 2.05) is 60.8 Å². The Labute approximate surface area is 210 Å². The minimum Gasteiger partial charge on any atom is -0.326 e. The van der Waals surface area contributed by atoms with Crippen LogP contribution < -0.4 is 10.6 Å². The summed E-state index contributed by atoms with van der Waals surface area (Å²) < 4.78 is 1.01. The first-order chi connectivity index (χ1) is 16.0. The van der Waals surface area contributed by atoms with Gasteiger partial charge in [-0.05, 0) is 50.1 Å². The van der Waals surface area contributed by atoms with Crippen LogP contribution in [0.5, 0.6) is 0 Å². The number of amides is 2. The van der Waals surface area contributed by atoms with Gasteiger partial charge in [-0.15, -0.1) is 23.1 Å². The molecule has 2 amide bonds. The number of aromatic nitrogens is 1. The third-order valence-electron chi connectivity index (χ3n) is 5.63. The zero-order valence-corrected chi connectivity index (χ0v) is 21.6. The number of halogens is 1. The van der Waals surface area contributed by atoms with Crippen LogP contribution in [0.15, 0.2) is 63.3 Å². The van der Waals surface area contributed by atoms with Crippen molar-refractivity contribution >= 4 is 61.7 Å². The van der Waals surface area contributed by atoms with Gasteiger partial charge in [0.05, 0.1) is 10.9 Å². The van der Waals surface area contributed by atoms with E-state index in [1.54, 1.807) is 0 Å². The van der Waals surface area contributed by atoms with Gasteiger partial charge in [0.1, 0.15) is 0 Å². The van der Waals surface area contributed by atoms with Crippen LogP contribution in [0.3, 0.4) is 0 Å². The molecule has 1 saturated carbocycles. The zero-order chi connectivity index (χ0) is 23.2. The first-order valence-corrected chi connectivity index (χ1v) is 13.6. The molecule has 4 rings (SSSR count). The Morgan fingerprint density at radius 3 is 2.61 bits per heavy atom. The molecule has 1 atom stereocenters. The summed E-state index contributed by atoms with van der Waals surface area (Å²) in [4.78, 5) is 30.8. The van der Waals surface area contributed by atoms with Crippen molar-refractivity contribution in [2.45, 2.75) is 49.2 Å². The second kappa shape index (κ2) is 11.3. The lowest BCUT2D eigenvalue weighted by Gasteiger charge is -2.21. The molecular weight excluding hydrogens is 518 g/mol. The van der Waals surface area contributed by atoms with Crippen LogP contribution in [-0.2, 0) is 9.59 Å². The average Bonchev–Trinajstić information content (AvgIpc) is 3.28. The molecule has 3 aromatic rings. The summed E-state index contributed by atoms with van der Waals surface area (Å²) in [6.07, 6.45) is 5.42. The summed E-state index contributed by atoms with van der Waals surface area (Å²) in [5.74, 6) is 0.113. The maximum atomic E-state index is 12.7. The number of nitrogens with zero attached hydrogens (tertiary/aromatic N) is 1. The number of anilines is 2. The molecule has 1 unspecified atom stereocenters. The largest absolute Gasteiger partial charge is 0.326 e. The second-order valence-electron chi connectivity index (χ2n) is 8.15. The molecule has 1 aliphatic carbocycles. The third kappa shape index (κ3) is 6.68. The van der Waals surface area contributed by atoms with Crippen molar-refractivity contribution in [1.29, 1.82) is 0 Å². The normalized spacial score (nSPS) is 15.1. The average molecular weight is 545 g/mol. The van der Waals surface area contributed by atoms with Crippen LogP contribution in [0.2, 0.25) is 0 Å². The smallest absolute Gasteiger partial charge is 0.239 e. The van der Waals surface area contributed by atoms with E-state index in [0.29, 0.717) is 5.13 Å². The molecule has 1 heterocycles. The monoisotopic (exact) mass is 543 g/mol. The van der Waals surface area contributed by atoms with E-state index in [4.69, 9.17) is 0 Å². The number of hydrogen-bond donors (Lipinski definition) is 2. The van der Waals surface area contributed by atoms with Crippen LogP contribution in [0, 0.1) is 5.92 Å². The van der Waals surface area contributed by atoms with Crippen LogP contribution in [0.25, 0.3) is 11.3 Å². The lowest BCUT2D eigenvalue weighted by Crippen LogP contribution is -2.24. The standard InChI is InChI=1S/C25H26BrN3O2S2/c1-16(23(30)29-25-28-22(15-32-25)17-10-12-19(26)13-11-17)33-21-9-5-8-20(14-21)27-24(31)18-6-3-2-4-7-18/h5,8-16,18H,2-4,6-7H2,1H3,(H,27,31)(H,28,29,30). The van der Waals surface area contributed by atoms with Crippen molar-refractivity contribution < 1.29 is 9.59 Å². The number of rotatable bonds is 7. The minimum absolute atomic E-state index is 0.103.